The van der Waals surface area contributed by atoms with Crippen molar-refractivity contribution < 1.29 is 27.1 Å². The zero-order chi connectivity index (χ0) is 22.9. The van der Waals surface area contributed by atoms with Gasteiger partial charge in [-0.1, -0.05) is 6.07 Å². The molecule has 2 aliphatic heterocycles. The van der Waals surface area contributed by atoms with Crippen LogP contribution in [0.2, 0.25) is 0 Å². The van der Waals surface area contributed by atoms with Gasteiger partial charge in [0.2, 0.25) is 10.0 Å². The van der Waals surface area contributed by atoms with Crippen molar-refractivity contribution in [1.29, 1.82) is 0 Å². The molecule has 2 aromatic carbocycles. The fraction of sp³-hybridized carbons (Fsp3) is 0.391. The van der Waals surface area contributed by atoms with Gasteiger partial charge in [0.05, 0.1) is 4.90 Å². The number of hydrogen-bond acceptors (Lipinski definition) is 4. The molecule has 2 heterocycles. The van der Waals surface area contributed by atoms with Gasteiger partial charge in [-0.05, 0) is 78.6 Å². The first-order valence-corrected chi connectivity index (χ1v) is 12.0. The molecular formula is C23H24F2N2O4S. The molecule has 0 amide bonds. The van der Waals surface area contributed by atoms with Gasteiger partial charge in [0.1, 0.15) is 11.6 Å². The second-order valence-electron chi connectivity index (χ2n) is 8.31. The number of rotatable bonds is 6. The predicted octanol–water partition coefficient (Wildman–Crippen LogP) is 3.50. The van der Waals surface area contributed by atoms with Gasteiger partial charge in [-0.25, -0.2) is 17.2 Å². The SMILES string of the molecule is O=C(O)C[C@@H]1CCN(S(=O)(=O)c2cccc(F)c2)C[C@@H]1CC1=NCCc2cc(F)ccc21. The second kappa shape index (κ2) is 9.07. The third kappa shape index (κ3) is 4.73. The summed E-state index contributed by atoms with van der Waals surface area (Å²) in [6.07, 6.45) is 1.34. The minimum atomic E-state index is -3.92. The molecule has 0 saturated carbocycles. The number of fused-ring (bicyclic) bond motifs is 1. The Morgan fingerprint density at radius 2 is 1.91 bits per heavy atom. The van der Waals surface area contributed by atoms with Crippen molar-refractivity contribution in [2.45, 2.75) is 30.6 Å². The number of hydrogen-bond donors (Lipinski definition) is 1. The smallest absolute Gasteiger partial charge is 0.303 e. The lowest BCUT2D eigenvalue weighted by Crippen LogP contribution is -2.45. The van der Waals surface area contributed by atoms with E-state index in [1.807, 2.05) is 0 Å². The Balaban J connectivity index is 1.61. The molecule has 1 fully saturated rings. The zero-order valence-corrected chi connectivity index (χ0v) is 18.2. The number of halogens is 2. The third-order valence-corrected chi connectivity index (χ3v) is 8.10. The first-order chi connectivity index (χ1) is 15.2. The number of carboxylic acids is 1. The Hall–Kier alpha value is -2.65. The van der Waals surface area contributed by atoms with Gasteiger partial charge >= 0.3 is 5.97 Å². The largest absolute Gasteiger partial charge is 0.481 e. The molecule has 0 unspecified atom stereocenters. The average molecular weight is 463 g/mol. The molecule has 0 radical (unpaired) electrons. The summed E-state index contributed by atoms with van der Waals surface area (Å²) in [6, 6.07) is 9.41. The molecule has 2 atom stereocenters. The van der Waals surface area contributed by atoms with Gasteiger partial charge in [-0.3, -0.25) is 9.79 Å². The van der Waals surface area contributed by atoms with Gasteiger partial charge in [-0.15, -0.1) is 0 Å². The Morgan fingerprint density at radius 1 is 1.12 bits per heavy atom. The Morgan fingerprint density at radius 3 is 2.66 bits per heavy atom. The van der Waals surface area contributed by atoms with E-state index in [-0.39, 0.29) is 42.1 Å². The summed E-state index contributed by atoms with van der Waals surface area (Å²) >= 11 is 0. The molecule has 0 bridgehead atoms. The highest BCUT2D eigenvalue weighted by Crippen LogP contribution is 2.34. The molecule has 2 aromatic rings. The van der Waals surface area contributed by atoms with Gasteiger partial charge in [0, 0.05) is 31.8 Å². The molecule has 170 valence electrons. The van der Waals surface area contributed by atoms with Crippen LogP contribution >= 0.6 is 0 Å². The average Bonchev–Trinajstić information content (AvgIpc) is 2.74. The van der Waals surface area contributed by atoms with Crippen LogP contribution in [-0.2, 0) is 21.2 Å². The molecule has 0 aromatic heterocycles. The third-order valence-electron chi connectivity index (χ3n) is 6.24. The lowest BCUT2D eigenvalue weighted by molar-refractivity contribution is -0.138. The van der Waals surface area contributed by atoms with Crippen LogP contribution in [0.4, 0.5) is 8.78 Å². The molecule has 9 heteroatoms. The summed E-state index contributed by atoms with van der Waals surface area (Å²) in [5.74, 6) is -2.39. The molecule has 0 aliphatic carbocycles. The molecule has 2 aliphatic rings. The maximum absolute atomic E-state index is 13.7. The van der Waals surface area contributed by atoms with Crippen LogP contribution < -0.4 is 0 Å². The van der Waals surface area contributed by atoms with Crippen molar-refractivity contribution >= 4 is 21.7 Å². The first kappa shape index (κ1) is 22.5. The van der Waals surface area contributed by atoms with Crippen molar-refractivity contribution in [2.24, 2.45) is 16.8 Å². The van der Waals surface area contributed by atoms with E-state index in [9.17, 15) is 27.1 Å². The molecule has 0 spiro atoms. The van der Waals surface area contributed by atoms with E-state index in [0.717, 1.165) is 22.9 Å². The van der Waals surface area contributed by atoms with Crippen LogP contribution in [-0.4, -0.2) is 49.1 Å². The summed E-state index contributed by atoms with van der Waals surface area (Å²) < 4.78 is 54.8. The van der Waals surface area contributed by atoms with Crippen LogP contribution in [0.3, 0.4) is 0 Å². The van der Waals surface area contributed by atoms with Gasteiger partial charge < -0.3 is 5.11 Å². The number of carboxylic acid groups (broad SMARTS) is 1. The maximum Gasteiger partial charge on any atom is 0.303 e. The standard InChI is InChI=1S/C23H24F2N2O4S/c24-18-2-1-3-20(13-18)32(30,31)27-9-7-15(12-23(28)29)17(14-27)11-22-21-5-4-19(25)10-16(21)6-8-26-22/h1-5,10,13,15,17H,6-9,11-12,14H2,(H,28,29)/t15-,17-/m0/s1. The Labute approximate surface area is 185 Å². The zero-order valence-electron chi connectivity index (χ0n) is 17.4. The molecule has 32 heavy (non-hydrogen) atoms. The summed E-state index contributed by atoms with van der Waals surface area (Å²) in [6.45, 7) is 0.793. The number of benzene rings is 2. The van der Waals surface area contributed by atoms with E-state index in [0.29, 0.717) is 25.8 Å². The molecule has 4 rings (SSSR count). The summed E-state index contributed by atoms with van der Waals surface area (Å²) in [5, 5.41) is 9.37. The van der Waals surface area contributed by atoms with Crippen molar-refractivity contribution in [1.82, 2.24) is 4.31 Å². The summed E-state index contributed by atoms with van der Waals surface area (Å²) in [4.78, 5) is 15.9. The number of carbonyl (C=O) groups is 1. The number of aliphatic imine (C=N–C) groups is 1. The van der Waals surface area contributed by atoms with Crippen LogP contribution in [0.1, 0.15) is 30.4 Å². The van der Waals surface area contributed by atoms with Crippen molar-refractivity contribution in [3.8, 4) is 0 Å². The first-order valence-electron chi connectivity index (χ1n) is 10.5. The summed E-state index contributed by atoms with van der Waals surface area (Å²) in [7, 11) is -3.92. The fourth-order valence-electron chi connectivity index (χ4n) is 4.64. The van der Waals surface area contributed by atoms with E-state index >= 15 is 0 Å². The van der Waals surface area contributed by atoms with Crippen LogP contribution in [0.25, 0.3) is 0 Å². The minimum absolute atomic E-state index is 0.0674. The van der Waals surface area contributed by atoms with Crippen molar-refractivity contribution in [3.63, 3.8) is 0 Å². The van der Waals surface area contributed by atoms with Gasteiger partial charge in [0.25, 0.3) is 0 Å². The number of piperidine rings is 1. The molecule has 1 saturated heterocycles. The van der Waals surface area contributed by atoms with Crippen molar-refractivity contribution in [2.75, 3.05) is 19.6 Å². The van der Waals surface area contributed by atoms with E-state index in [4.69, 9.17) is 0 Å². The lowest BCUT2D eigenvalue weighted by atomic mass is 9.79. The highest BCUT2D eigenvalue weighted by atomic mass is 32.2. The van der Waals surface area contributed by atoms with E-state index in [1.54, 1.807) is 6.07 Å². The molecule has 1 N–H and O–H groups in total. The van der Waals surface area contributed by atoms with Crippen LogP contribution in [0.5, 0.6) is 0 Å². The van der Waals surface area contributed by atoms with E-state index in [2.05, 4.69) is 4.99 Å². The van der Waals surface area contributed by atoms with E-state index < -0.39 is 21.8 Å². The normalized spacial score (nSPS) is 21.6. The monoisotopic (exact) mass is 462 g/mol. The van der Waals surface area contributed by atoms with Crippen molar-refractivity contribution in [3.05, 3.63) is 65.2 Å². The molecule has 6 nitrogen and oxygen atoms in total. The topological polar surface area (TPSA) is 87.0 Å². The predicted molar refractivity (Wildman–Crippen MR) is 115 cm³/mol. The second-order valence-corrected chi connectivity index (χ2v) is 10.2. The number of sulfonamides is 1. The Bertz CT molecular complexity index is 1170. The van der Waals surface area contributed by atoms with Gasteiger partial charge in [-0.2, -0.15) is 4.31 Å². The molecular weight excluding hydrogens is 438 g/mol. The lowest BCUT2D eigenvalue weighted by Gasteiger charge is -2.38. The Kier molecular flexibility index (Phi) is 6.39. The quantitative estimate of drug-likeness (QED) is 0.712. The van der Waals surface area contributed by atoms with Crippen LogP contribution in [0, 0.1) is 23.5 Å². The maximum atomic E-state index is 13.7. The number of nitrogens with zero attached hydrogens (tertiary/aromatic N) is 2. The number of aliphatic carboxylic acids is 1. The summed E-state index contributed by atoms with van der Waals surface area (Å²) in [5.41, 5.74) is 2.43. The van der Waals surface area contributed by atoms with Crippen LogP contribution in [0.15, 0.2) is 52.4 Å². The van der Waals surface area contributed by atoms with Gasteiger partial charge in [0.15, 0.2) is 0 Å². The fourth-order valence-corrected chi connectivity index (χ4v) is 6.18. The highest BCUT2D eigenvalue weighted by Gasteiger charge is 2.37. The van der Waals surface area contributed by atoms with E-state index in [1.165, 1.54) is 34.6 Å². The highest BCUT2D eigenvalue weighted by molar-refractivity contribution is 7.89. The minimum Gasteiger partial charge on any atom is -0.481 e.